The van der Waals surface area contributed by atoms with Gasteiger partial charge < -0.3 is 14.8 Å². The molecular formula is C20H21NO3. The molecule has 0 aromatic heterocycles. The molecule has 1 amide bonds. The van der Waals surface area contributed by atoms with Crippen molar-refractivity contribution < 1.29 is 14.3 Å². The van der Waals surface area contributed by atoms with Crippen LogP contribution in [-0.2, 0) is 19.3 Å². The summed E-state index contributed by atoms with van der Waals surface area (Å²) < 4.78 is 11.4. The lowest BCUT2D eigenvalue weighted by atomic mass is 9.99. The third-order valence-electron chi connectivity index (χ3n) is 4.65. The number of carbonyl (C=O) groups excluding carboxylic acids is 1. The Labute approximate surface area is 141 Å². The number of amides is 1. The van der Waals surface area contributed by atoms with Gasteiger partial charge in [-0.05, 0) is 24.5 Å². The third kappa shape index (κ3) is 2.84. The minimum absolute atomic E-state index is 0.0384. The molecule has 0 saturated carbocycles. The summed E-state index contributed by atoms with van der Waals surface area (Å²) in [6.07, 6.45) is 3.51. The maximum Gasteiger partial charge on any atom is 0.255 e. The second-order valence-electron chi connectivity index (χ2n) is 6.26. The van der Waals surface area contributed by atoms with E-state index in [4.69, 9.17) is 9.47 Å². The Bertz CT molecular complexity index is 723. The lowest BCUT2D eigenvalue weighted by Crippen LogP contribution is -2.26. The highest BCUT2D eigenvalue weighted by Crippen LogP contribution is 2.40. The van der Waals surface area contributed by atoms with Crippen molar-refractivity contribution >= 4 is 5.91 Å². The Hall–Kier alpha value is -2.49. The van der Waals surface area contributed by atoms with Gasteiger partial charge >= 0.3 is 0 Å². The molecule has 2 aromatic rings. The molecule has 124 valence electrons. The van der Waals surface area contributed by atoms with Gasteiger partial charge in [0.25, 0.3) is 5.91 Å². The molecule has 2 aliphatic heterocycles. The smallest absolute Gasteiger partial charge is 0.255 e. The van der Waals surface area contributed by atoms with Gasteiger partial charge in [0.15, 0.2) is 0 Å². The van der Waals surface area contributed by atoms with E-state index in [0.29, 0.717) is 25.3 Å². The summed E-state index contributed by atoms with van der Waals surface area (Å²) in [4.78, 5) is 12.7. The van der Waals surface area contributed by atoms with E-state index in [1.54, 1.807) is 0 Å². The van der Waals surface area contributed by atoms with Gasteiger partial charge in [0, 0.05) is 30.5 Å². The highest BCUT2D eigenvalue weighted by Gasteiger charge is 2.29. The SMILES string of the molecule is O=C(NCCCc1ccccc1)c1c2c(cc3c1OCC3)OCC2. The van der Waals surface area contributed by atoms with Crippen molar-refractivity contribution in [2.45, 2.75) is 25.7 Å². The van der Waals surface area contributed by atoms with E-state index in [9.17, 15) is 4.79 Å². The quantitative estimate of drug-likeness (QED) is 0.861. The molecule has 0 saturated heterocycles. The van der Waals surface area contributed by atoms with Crippen LogP contribution in [0.5, 0.6) is 11.5 Å². The van der Waals surface area contributed by atoms with Crippen LogP contribution in [0.1, 0.15) is 33.5 Å². The Balaban J connectivity index is 1.43. The molecule has 2 aliphatic rings. The maximum absolute atomic E-state index is 12.7. The van der Waals surface area contributed by atoms with Crippen LogP contribution in [0.4, 0.5) is 0 Å². The molecule has 0 radical (unpaired) electrons. The predicted octanol–water partition coefficient (Wildman–Crippen LogP) is 2.92. The van der Waals surface area contributed by atoms with Crippen molar-refractivity contribution in [3.05, 3.63) is 58.7 Å². The molecule has 4 heteroatoms. The highest BCUT2D eigenvalue weighted by atomic mass is 16.5. The molecule has 2 heterocycles. The second-order valence-corrected chi connectivity index (χ2v) is 6.26. The van der Waals surface area contributed by atoms with E-state index >= 15 is 0 Å². The van der Waals surface area contributed by atoms with Crippen molar-refractivity contribution in [2.24, 2.45) is 0 Å². The second kappa shape index (κ2) is 6.56. The summed E-state index contributed by atoms with van der Waals surface area (Å²) in [6.45, 7) is 1.95. The number of carbonyl (C=O) groups is 1. The molecule has 0 spiro atoms. The molecule has 2 aromatic carbocycles. The van der Waals surface area contributed by atoms with Crippen molar-refractivity contribution in [3.8, 4) is 11.5 Å². The van der Waals surface area contributed by atoms with Crippen molar-refractivity contribution in [1.29, 1.82) is 0 Å². The Morgan fingerprint density at radius 2 is 1.92 bits per heavy atom. The Morgan fingerprint density at radius 3 is 2.79 bits per heavy atom. The number of fused-ring (bicyclic) bond motifs is 2. The molecule has 0 bridgehead atoms. The van der Waals surface area contributed by atoms with E-state index in [2.05, 4.69) is 17.4 Å². The van der Waals surface area contributed by atoms with E-state index in [1.807, 2.05) is 24.3 Å². The standard InChI is InChI=1S/C20H21NO3/c22-20(21-10-4-7-14-5-2-1-3-6-14)18-16-9-12-23-17(16)13-15-8-11-24-19(15)18/h1-3,5-6,13H,4,7-12H2,(H,21,22). The molecule has 0 atom stereocenters. The summed E-state index contributed by atoms with van der Waals surface area (Å²) >= 11 is 0. The summed E-state index contributed by atoms with van der Waals surface area (Å²) in [7, 11) is 0. The van der Waals surface area contributed by atoms with Crippen LogP contribution in [0, 0.1) is 0 Å². The zero-order valence-electron chi connectivity index (χ0n) is 13.6. The minimum Gasteiger partial charge on any atom is -0.493 e. The van der Waals surface area contributed by atoms with Gasteiger partial charge in [0.05, 0.1) is 18.8 Å². The molecular weight excluding hydrogens is 302 g/mol. The number of ether oxygens (including phenoxy) is 2. The van der Waals surface area contributed by atoms with Gasteiger partial charge in [-0.1, -0.05) is 30.3 Å². The van der Waals surface area contributed by atoms with Gasteiger partial charge in [0.1, 0.15) is 11.5 Å². The van der Waals surface area contributed by atoms with Crippen LogP contribution in [0.3, 0.4) is 0 Å². The van der Waals surface area contributed by atoms with Gasteiger partial charge in [-0.15, -0.1) is 0 Å². The maximum atomic E-state index is 12.7. The van der Waals surface area contributed by atoms with Crippen molar-refractivity contribution in [3.63, 3.8) is 0 Å². The van der Waals surface area contributed by atoms with Crippen LogP contribution in [0.2, 0.25) is 0 Å². The van der Waals surface area contributed by atoms with Crippen LogP contribution in [0.15, 0.2) is 36.4 Å². The average molecular weight is 323 g/mol. The fourth-order valence-electron chi connectivity index (χ4n) is 3.45. The topological polar surface area (TPSA) is 47.6 Å². The van der Waals surface area contributed by atoms with Crippen LogP contribution in [-0.4, -0.2) is 25.7 Å². The lowest BCUT2D eigenvalue weighted by Gasteiger charge is -2.13. The minimum atomic E-state index is -0.0384. The van der Waals surface area contributed by atoms with Gasteiger partial charge in [-0.2, -0.15) is 0 Å². The number of aryl methyl sites for hydroxylation is 1. The lowest BCUT2D eigenvalue weighted by molar-refractivity contribution is 0.0949. The van der Waals surface area contributed by atoms with E-state index in [-0.39, 0.29) is 5.91 Å². The molecule has 0 aliphatic carbocycles. The summed E-state index contributed by atoms with van der Waals surface area (Å²) in [5, 5.41) is 3.05. The normalized spacial score (nSPS) is 14.5. The number of hydrogen-bond acceptors (Lipinski definition) is 3. The largest absolute Gasteiger partial charge is 0.493 e. The van der Waals surface area contributed by atoms with Crippen molar-refractivity contribution in [1.82, 2.24) is 5.32 Å². The third-order valence-corrected chi connectivity index (χ3v) is 4.65. The molecule has 0 unspecified atom stereocenters. The van der Waals surface area contributed by atoms with Crippen LogP contribution >= 0.6 is 0 Å². The first-order valence-corrected chi connectivity index (χ1v) is 8.59. The van der Waals surface area contributed by atoms with Gasteiger partial charge in [-0.25, -0.2) is 0 Å². The first-order valence-electron chi connectivity index (χ1n) is 8.59. The zero-order valence-corrected chi connectivity index (χ0v) is 13.6. The fourth-order valence-corrected chi connectivity index (χ4v) is 3.45. The predicted molar refractivity (Wildman–Crippen MR) is 91.9 cm³/mol. The number of rotatable bonds is 5. The summed E-state index contributed by atoms with van der Waals surface area (Å²) in [6, 6.07) is 12.4. The monoisotopic (exact) mass is 323 g/mol. The van der Waals surface area contributed by atoms with Gasteiger partial charge in [-0.3, -0.25) is 4.79 Å². The average Bonchev–Trinajstić information content (AvgIpc) is 3.25. The molecule has 0 fully saturated rings. The molecule has 4 nitrogen and oxygen atoms in total. The number of benzene rings is 2. The molecule has 4 rings (SSSR count). The molecule has 1 N–H and O–H groups in total. The molecule has 24 heavy (non-hydrogen) atoms. The van der Waals surface area contributed by atoms with Gasteiger partial charge in [0.2, 0.25) is 0 Å². The number of hydrogen-bond donors (Lipinski definition) is 1. The highest BCUT2D eigenvalue weighted by molar-refractivity contribution is 6.00. The van der Waals surface area contributed by atoms with E-state index < -0.39 is 0 Å². The first kappa shape index (κ1) is 15.1. The summed E-state index contributed by atoms with van der Waals surface area (Å²) in [5.41, 5.74) is 4.07. The Kier molecular flexibility index (Phi) is 4.11. The first-order chi connectivity index (χ1) is 11.8. The fraction of sp³-hybridized carbons (Fsp3) is 0.350. The van der Waals surface area contributed by atoms with Crippen molar-refractivity contribution in [2.75, 3.05) is 19.8 Å². The number of nitrogens with one attached hydrogen (secondary N) is 1. The van der Waals surface area contributed by atoms with E-state index in [1.165, 1.54) is 5.56 Å². The van der Waals surface area contributed by atoms with Crippen LogP contribution < -0.4 is 14.8 Å². The van der Waals surface area contributed by atoms with Crippen LogP contribution in [0.25, 0.3) is 0 Å². The van der Waals surface area contributed by atoms with E-state index in [0.717, 1.165) is 48.3 Å². The Morgan fingerprint density at radius 1 is 1.08 bits per heavy atom. The summed E-state index contributed by atoms with van der Waals surface area (Å²) in [5.74, 6) is 1.58. The zero-order chi connectivity index (χ0) is 16.4.